The molecule has 25 heavy (non-hydrogen) atoms. The number of hydrogen-bond acceptors (Lipinski definition) is 5. The van der Waals surface area contributed by atoms with Crippen molar-refractivity contribution in [3.63, 3.8) is 0 Å². The summed E-state index contributed by atoms with van der Waals surface area (Å²) in [6.45, 7) is 8.79. The zero-order valence-corrected chi connectivity index (χ0v) is 15.4. The zero-order chi connectivity index (χ0) is 18.1. The molecule has 0 aliphatic heterocycles. The molecule has 1 amide bonds. The summed E-state index contributed by atoms with van der Waals surface area (Å²) in [4.78, 5) is 20.8. The van der Waals surface area contributed by atoms with E-state index in [1.165, 1.54) is 6.33 Å². The van der Waals surface area contributed by atoms with Crippen LogP contribution in [0.1, 0.15) is 47.3 Å². The molecule has 3 rings (SSSR count). The zero-order valence-electron chi connectivity index (χ0n) is 14.6. The van der Waals surface area contributed by atoms with Crippen molar-refractivity contribution in [2.75, 3.05) is 6.54 Å². The van der Waals surface area contributed by atoms with Crippen molar-refractivity contribution >= 4 is 23.3 Å². The minimum absolute atomic E-state index is 0.190. The van der Waals surface area contributed by atoms with Gasteiger partial charge in [-0.2, -0.15) is 15.2 Å². The highest BCUT2D eigenvalue weighted by Gasteiger charge is 2.15. The molecule has 9 heteroatoms. The lowest BCUT2D eigenvalue weighted by Gasteiger charge is -2.10. The van der Waals surface area contributed by atoms with Gasteiger partial charge in [-0.3, -0.25) is 9.48 Å². The third-order valence-corrected chi connectivity index (χ3v) is 4.55. The summed E-state index contributed by atoms with van der Waals surface area (Å²) < 4.78 is 3.44. The topological polar surface area (TPSA) is 90.0 Å². The molecule has 0 aromatic carbocycles. The number of nitrogens with zero attached hydrogens (tertiary/aromatic N) is 6. The first-order valence-corrected chi connectivity index (χ1v) is 8.44. The maximum Gasteiger partial charge on any atom is 0.270 e. The Kier molecular flexibility index (Phi) is 4.71. The number of amides is 1. The maximum atomic E-state index is 12.4. The van der Waals surface area contributed by atoms with E-state index in [1.807, 2.05) is 27.7 Å². The van der Waals surface area contributed by atoms with E-state index in [1.54, 1.807) is 15.3 Å². The van der Waals surface area contributed by atoms with Crippen LogP contribution in [-0.4, -0.2) is 41.8 Å². The van der Waals surface area contributed by atoms with Crippen molar-refractivity contribution in [3.05, 3.63) is 40.2 Å². The Hall–Kier alpha value is -2.48. The van der Waals surface area contributed by atoms with Gasteiger partial charge in [0.25, 0.3) is 11.7 Å². The lowest BCUT2D eigenvalue weighted by atomic mass is 10.1. The number of halogens is 1. The van der Waals surface area contributed by atoms with E-state index in [0.29, 0.717) is 29.6 Å². The largest absolute Gasteiger partial charge is 0.349 e. The average molecular weight is 362 g/mol. The number of nitrogens with one attached hydrogen (secondary N) is 1. The summed E-state index contributed by atoms with van der Waals surface area (Å²) in [5.74, 6) is 0.359. The quantitative estimate of drug-likeness (QED) is 0.752. The number of carbonyl (C=O) groups excluding carboxylic acids is 1. The molecule has 0 unspecified atom stereocenters. The Morgan fingerprint density at radius 1 is 1.36 bits per heavy atom. The van der Waals surface area contributed by atoms with Crippen LogP contribution in [0.5, 0.6) is 0 Å². The predicted molar refractivity (Wildman–Crippen MR) is 93.9 cm³/mol. The Morgan fingerprint density at radius 3 is 2.76 bits per heavy atom. The lowest BCUT2D eigenvalue weighted by Crippen LogP contribution is -2.29. The van der Waals surface area contributed by atoms with Crippen LogP contribution in [0.2, 0.25) is 5.02 Å². The molecule has 3 aromatic heterocycles. The first-order chi connectivity index (χ1) is 11.9. The van der Waals surface area contributed by atoms with Gasteiger partial charge in [0.15, 0.2) is 0 Å². The molecule has 0 aliphatic rings. The van der Waals surface area contributed by atoms with Gasteiger partial charge in [0.2, 0.25) is 0 Å². The van der Waals surface area contributed by atoms with Gasteiger partial charge in [0.1, 0.15) is 12.0 Å². The number of rotatable bonds is 5. The molecule has 0 atom stereocenters. The molecule has 8 nitrogen and oxygen atoms in total. The summed E-state index contributed by atoms with van der Waals surface area (Å²) in [6, 6.07) is 1.75. The van der Waals surface area contributed by atoms with Crippen LogP contribution in [0.25, 0.3) is 5.78 Å². The Labute approximate surface area is 150 Å². The molecule has 3 heterocycles. The monoisotopic (exact) mass is 361 g/mol. The van der Waals surface area contributed by atoms with E-state index in [4.69, 9.17) is 11.6 Å². The van der Waals surface area contributed by atoms with Gasteiger partial charge >= 0.3 is 0 Å². The lowest BCUT2D eigenvalue weighted by molar-refractivity contribution is 0.0946. The third kappa shape index (κ3) is 3.34. The van der Waals surface area contributed by atoms with E-state index in [-0.39, 0.29) is 11.8 Å². The minimum Gasteiger partial charge on any atom is -0.349 e. The number of carbonyl (C=O) groups is 1. The molecule has 3 aromatic rings. The van der Waals surface area contributed by atoms with Gasteiger partial charge in [0, 0.05) is 6.54 Å². The highest BCUT2D eigenvalue weighted by atomic mass is 35.5. The highest BCUT2D eigenvalue weighted by molar-refractivity contribution is 6.31. The molecular weight excluding hydrogens is 342 g/mol. The number of aromatic nitrogens is 6. The van der Waals surface area contributed by atoms with Gasteiger partial charge in [-0.1, -0.05) is 25.4 Å². The standard InChI is InChI=1S/C16H20ClN7O/c1-9(2)13-7-12(21-16-19-8-20-24(13)16)15(25)18-5-6-23-11(4)14(17)10(3)22-23/h7-9H,5-6H2,1-4H3,(H,18,25). The van der Waals surface area contributed by atoms with Crippen LogP contribution in [0, 0.1) is 13.8 Å². The smallest absolute Gasteiger partial charge is 0.270 e. The first kappa shape index (κ1) is 17.3. The fourth-order valence-corrected chi connectivity index (χ4v) is 2.76. The van der Waals surface area contributed by atoms with E-state index >= 15 is 0 Å². The van der Waals surface area contributed by atoms with Crippen molar-refractivity contribution in [2.45, 2.75) is 40.2 Å². The Morgan fingerprint density at radius 2 is 2.12 bits per heavy atom. The molecule has 0 radical (unpaired) electrons. The fourth-order valence-electron chi connectivity index (χ4n) is 2.62. The van der Waals surface area contributed by atoms with Gasteiger partial charge in [-0.25, -0.2) is 9.50 Å². The maximum absolute atomic E-state index is 12.4. The van der Waals surface area contributed by atoms with Crippen LogP contribution in [0.4, 0.5) is 0 Å². The molecule has 0 saturated carbocycles. The highest BCUT2D eigenvalue weighted by Crippen LogP contribution is 2.18. The number of aryl methyl sites for hydroxylation is 1. The van der Waals surface area contributed by atoms with E-state index < -0.39 is 0 Å². The summed E-state index contributed by atoms with van der Waals surface area (Å²) in [5.41, 5.74) is 2.89. The summed E-state index contributed by atoms with van der Waals surface area (Å²) >= 11 is 6.13. The third-order valence-electron chi connectivity index (χ3n) is 4.01. The Bertz CT molecular complexity index is 928. The first-order valence-electron chi connectivity index (χ1n) is 8.07. The Balaban J connectivity index is 1.73. The molecule has 0 aliphatic carbocycles. The summed E-state index contributed by atoms with van der Waals surface area (Å²) in [6.07, 6.45) is 1.43. The van der Waals surface area contributed by atoms with Crippen LogP contribution in [0.15, 0.2) is 12.4 Å². The van der Waals surface area contributed by atoms with Crippen LogP contribution in [-0.2, 0) is 6.54 Å². The fraction of sp³-hybridized carbons (Fsp3) is 0.438. The van der Waals surface area contributed by atoms with Crippen molar-refractivity contribution in [3.8, 4) is 0 Å². The van der Waals surface area contributed by atoms with Crippen LogP contribution >= 0.6 is 11.6 Å². The van der Waals surface area contributed by atoms with E-state index in [2.05, 4.69) is 25.5 Å². The predicted octanol–water partition coefficient (Wildman–Crippen LogP) is 2.14. The normalized spacial score (nSPS) is 11.4. The average Bonchev–Trinajstić information content (AvgIpc) is 3.14. The van der Waals surface area contributed by atoms with Gasteiger partial charge in [0.05, 0.1) is 28.6 Å². The SMILES string of the molecule is Cc1nn(CCNC(=O)c2cc(C(C)C)n3ncnc3n2)c(C)c1Cl. The second-order valence-electron chi connectivity index (χ2n) is 6.16. The molecule has 0 fully saturated rings. The van der Waals surface area contributed by atoms with Crippen molar-refractivity contribution in [2.24, 2.45) is 0 Å². The molecule has 0 bridgehead atoms. The van der Waals surface area contributed by atoms with Crippen molar-refractivity contribution in [1.29, 1.82) is 0 Å². The minimum atomic E-state index is -0.250. The van der Waals surface area contributed by atoms with Crippen molar-refractivity contribution in [1.82, 2.24) is 34.7 Å². The molecule has 132 valence electrons. The van der Waals surface area contributed by atoms with Crippen LogP contribution < -0.4 is 5.32 Å². The molecular formula is C16H20ClN7O. The molecule has 0 saturated heterocycles. The van der Waals surface area contributed by atoms with E-state index in [0.717, 1.165) is 17.1 Å². The number of hydrogen-bond donors (Lipinski definition) is 1. The summed E-state index contributed by atoms with van der Waals surface area (Å²) in [5, 5.41) is 12.0. The molecule has 1 N–H and O–H groups in total. The second-order valence-corrected chi connectivity index (χ2v) is 6.53. The van der Waals surface area contributed by atoms with Gasteiger partial charge in [-0.15, -0.1) is 0 Å². The van der Waals surface area contributed by atoms with E-state index in [9.17, 15) is 4.79 Å². The van der Waals surface area contributed by atoms with Gasteiger partial charge in [-0.05, 0) is 25.8 Å². The van der Waals surface area contributed by atoms with Gasteiger partial charge < -0.3 is 5.32 Å². The number of fused-ring (bicyclic) bond motifs is 1. The molecule has 0 spiro atoms. The van der Waals surface area contributed by atoms with Crippen molar-refractivity contribution < 1.29 is 4.79 Å². The summed E-state index contributed by atoms with van der Waals surface area (Å²) in [7, 11) is 0. The second kappa shape index (κ2) is 6.79. The van der Waals surface area contributed by atoms with Crippen LogP contribution in [0.3, 0.4) is 0 Å².